The van der Waals surface area contributed by atoms with Crippen molar-refractivity contribution in [2.24, 2.45) is 11.8 Å². The zero-order chi connectivity index (χ0) is 14.5. The monoisotopic (exact) mass is 295 g/mol. The lowest BCUT2D eigenvalue weighted by molar-refractivity contribution is 0.674. The lowest BCUT2D eigenvalue weighted by atomic mass is 10.2. The standard InChI is InChI=1S/C16H29N3S/c1-5-7-14-15(10-17-8-6-2)20-16(18-14)19(4)11-13-9-12(13)3/h12-13,17H,5-11H2,1-4H3. The third-order valence-electron chi connectivity index (χ3n) is 4.08. The molecule has 3 nitrogen and oxygen atoms in total. The van der Waals surface area contributed by atoms with Gasteiger partial charge in [-0.1, -0.05) is 27.2 Å². The van der Waals surface area contributed by atoms with Crippen LogP contribution in [0.4, 0.5) is 5.13 Å². The molecule has 4 heteroatoms. The van der Waals surface area contributed by atoms with Gasteiger partial charge in [0.15, 0.2) is 5.13 Å². The highest BCUT2D eigenvalue weighted by atomic mass is 32.1. The van der Waals surface area contributed by atoms with Crippen molar-refractivity contribution < 1.29 is 0 Å². The van der Waals surface area contributed by atoms with Gasteiger partial charge in [-0.15, -0.1) is 11.3 Å². The molecule has 0 aliphatic heterocycles. The summed E-state index contributed by atoms with van der Waals surface area (Å²) in [5.41, 5.74) is 1.31. The summed E-state index contributed by atoms with van der Waals surface area (Å²) >= 11 is 1.88. The first-order valence-corrected chi connectivity index (χ1v) is 8.87. The summed E-state index contributed by atoms with van der Waals surface area (Å²) in [6.07, 6.45) is 4.86. The molecular weight excluding hydrogens is 266 g/mol. The largest absolute Gasteiger partial charge is 0.351 e. The fourth-order valence-corrected chi connectivity index (χ4v) is 3.61. The highest BCUT2D eigenvalue weighted by molar-refractivity contribution is 7.15. The molecule has 1 aromatic heterocycles. The smallest absolute Gasteiger partial charge is 0.185 e. The third kappa shape index (κ3) is 4.19. The van der Waals surface area contributed by atoms with Crippen LogP contribution in [0.25, 0.3) is 0 Å². The molecule has 1 aliphatic rings. The van der Waals surface area contributed by atoms with Crippen LogP contribution in [0.3, 0.4) is 0 Å². The summed E-state index contributed by atoms with van der Waals surface area (Å²) in [7, 11) is 2.20. The van der Waals surface area contributed by atoms with E-state index in [1.807, 2.05) is 11.3 Å². The Morgan fingerprint density at radius 1 is 1.35 bits per heavy atom. The predicted octanol–water partition coefficient (Wildman–Crippen LogP) is 3.69. The van der Waals surface area contributed by atoms with E-state index in [9.17, 15) is 0 Å². The molecule has 2 unspecified atom stereocenters. The molecule has 0 bridgehead atoms. The van der Waals surface area contributed by atoms with Crippen LogP contribution in [-0.2, 0) is 13.0 Å². The van der Waals surface area contributed by atoms with Crippen LogP contribution in [0.2, 0.25) is 0 Å². The minimum Gasteiger partial charge on any atom is -0.351 e. The summed E-state index contributed by atoms with van der Waals surface area (Å²) in [5, 5.41) is 4.72. The number of aryl methyl sites for hydroxylation is 1. The maximum absolute atomic E-state index is 4.89. The van der Waals surface area contributed by atoms with Gasteiger partial charge in [-0.25, -0.2) is 4.98 Å². The summed E-state index contributed by atoms with van der Waals surface area (Å²) < 4.78 is 0. The molecule has 20 heavy (non-hydrogen) atoms. The first kappa shape index (κ1) is 15.8. The number of hydrogen-bond donors (Lipinski definition) is 1. The molecule has 1 N–H and O–H groups in total. The first-order chi connectivity index (χ1) is 9.65. The number of nitrogens with zero attached hydrogens (tertiary/aromatic N) is 2. The fourth-order valence-electron chi connectivity index (χ4n) is 2.57. The van der Waals surface area contributed by atoms with Crippen molar-refractivity contribution in [2.45, 2.75) is 53.0 Å². The average molecular weight is 295 g/mol. The van der Waals surface area contributed by atoms with E-state index >= 15 is 0 Å². The number of rotatable bonds is 9. The van der Waals surface area contributed by atoms with Crippen LogP contribution in [-0.4, -0.2) is 25.1 Å². The van der Waals surface area contributed by atoms with Crippen molar-refractivity contribution in [2.75, 3.05) is 25.0 Å². The van der Waals surface area contributed by atoms with Gasteiger partial charge in [-0.05, 0) is 37.6 Å². The average Bonchev–Trinajstić information content (AvgIpc) is 2.96. The zero-order valence-corrected chi connectivity index (χ0v) is 14.2. The van der Waals surface area contributed by atoms with Gasteiger partial charge in [0.25, 0.3) is 0 Å². The molecular formula is C16H29N3S. The van der Waals surface area contributed by atoms with E-state index in [1.54, 1.807) is 0 Å². The maximum Gasteiger partial charge on any atom is 0.185 e. The number of nitrogens with one attached hydrogen (secondary N) is 1. The number of anilines is 1. The van der Waals surface area contributed by atoms with Crippen LogP contribution < -0.4 is 10.2 Å². The van der Waals surface area contributed by atoms with Gasteiger partial charge in [-0.2, -0.15) is 0 Å². The SMILES string of the molecule is CCCNCc1sc(N(C)CC2CC2C)nc1CCC. The van der Waals surface area contributed by atoms with E-state index < -0.39 is 0 Å². The Hall–Kier alpha value is -0.610. The Morgan fingerprint density at radius 3 is 2.70 bits per heavy atom. The van der Waals surface area contributed by atoms with Crippen LogP contribution in [0.5, 0.6) is 0 Å². The summed E-state index contributed by atoms with van der Waals surface area (Å²) in [6, 6.07) is 0. The van der Waals surface area contributed by atoms with Gasteiger partial charge >= 0.3 is 0 Å². The van der Waals surface area contributed by atoms with Gasteiger partial charge < -0.3 is 10.2 Å². The normalized spacial score (nSPS) is 21.2. The van der Waals surface area contributed by atoms with Crippen molar-refractivity contribution in [3.63, 3.8) is 0 Å². The summed E-state index contributed by atoms with van der Waals surface area (Å²) in [5.74, 6) is 1.80. The third-order valence-corrected chi connectivity index (χ3v) is 5.29. The van der Waals surface area contributed by atoms with Crippen molar-refractivity contribution in [1.29, 1.82) is 0 Å². The molecule has 0 saturated heterocycles. The van der Waals surface area contributed by atoms with Crippen LogP contribution in [0, 0.1) is 11.8 Å². The van der Waals surface area contributed by atoms with E-state index in [2.05, 4.69) is 38.0 Å². The lowest BCUT2D eigenvalue weighted by Crippen LogP contribution is -2.20. The van der Waals surface area contributed by atoms with Crippen molar-refractivity contribution in [1.82, 2.24) is 10.3 Å². The highest BCUT2D eigenvalue weighted by Gasteiger charge is 2.33. The molecule has 0 spiro atoms. The second-order valence-electron chi connectivity index (χ2n) is 6.15. The Kier molecular flexibility index (Phi) is 5.85. The fraction of sp³-hybridized carbons (Fsp3) is 0.812. The second kappa shape index (κ2) is 7.41. The molecule has 1 aromatic rings. The predicted molar refractivity (Wildman–Crippen MR) is 88.6 cm³/mol. The molecule has 1 heterocycles. The van der Waals surface area contributed by atoms with Crippen molar-refractivity contribution >= 4 is 16.5 Å². The van der Waals surface area contributed by atoms with E-state index in [0.717, 1.165) is 31.3 Å². The highest BCUT2D eigenvalue weighted by Crippen LogP contribution is 2.39. The van der Waals surface area contributed by atoms with Crippen molar-refractivity contribution in [3.05, 3.63) is 10.6 Å². The molecule has 1 fully saturated rings. The molecule has 2 rings (SSSR count). The van der Waals surface area contributed by atoms with Crippen LogP contribution >= 0.6 is 11.3 Å². The molecule has 1 saturated carbocycles. The van der Waals surface area contributed by atoms with Gasteiger partial charge in [-0.3, -0.25) is 0 Å². The van der Waals surface area contributed by atoms with Gasteiger partial charge in [0, 0.05) is 25.0 Å². The van der Waals surface area contributed by atoms with Crippen LogP contribution in [0.15, 0.2) is 0 Å². The number of hydrogen-bond acceptors (Lipinski definition) is 4. The molecule has 0 amide bonds. The molecule has 114 valence electrons. The van der Waals surface area contributed by atoms with Gasteiger partial charge in [0.05, 0.1) is 5.69 Å². The van der Waals surface area contributed by atoms with Gasteiger partial charge in [0.1, 0.15) is 0 Å². The summed E-state index contributed by atoms with van der Waals surface area (Å²) in [4.78, 5) is 8.69. The van der Waals surface area contributed by atoms with Crippen molar-refractivity contribution in [3.8, 4) is 0 Å². The summed E-state index contributed by atoms with van der Waals surface area (Å²) in [6.45, 7) is 10.0. The molecule has 1 aliphatic carbocycles. The topological polar surface area (TPSA) is 28.2 Å². The quantitative estimate of drug-likeness (QED) is 0.704. The van der Waals surface area contributed by atoms with E-state index in [-0.39, 0.29) is 0 Å². The van der Waals surface area contributed by atoms with E-state index in [0.29, 0.717) is 0 Å². The Balaban J connectivity index is 1.98. The van der Waals surface area contributed by atoms with E-state index in [4.69, 9.17) is 4.98 Å². The molecule has 0 aromatic carbocycles. The number of aromatic nitrogens is 1. The minimum absolute atomic E-state index is 0.889. The maximum atomic E-state index is 4.89. The minimum atomic E-state index is 0.889. The van der Waals surface area contributed by atoms with Gasteiger partial charge in [0.2, 0.25) is 0 Å². The first-order valence-electron chi connectivity index (χ1n) is 8.06. The Labute approximate surface area is 127 Å². The molecule has 2 atom stereocenters. The van der Waals surface area contributed by atoms with Crippen LogP contribution in [0.1, 0.15) is 50.6 Å². The number of thiazole rings is 1. The Bertz CT molecular complexity index is 416. The van der Waals surface area contributed by atoms with E-state index in [1.165, 1.54) is 41.5 Å². The lowest BCUT2D eigenvalue weighted by Gasteiger charge is -2.15. The Morgan fingerprint density at radius 2 is 2.10 bits per heavy atom. The second-order valence-corrected chi connectivity index (χ2v) is 7.21. The molecule has 0 radical (unpaired) electrons. The zero-order valence-electron chi connectivity index (χ0n) is 13.4.